The highest BCUT2D eigenvalue weighted by atomic mass is 32.1. The minimum absolute atomic E-state index is 0.421. The van der Waals surface area contributed by atoms with Crippen LogP contribution in [0.25, 0.3) is 10.2 Å². The van der Waals surface area contributed by atoms with E-state index in [2.05, 4.69) is 34.7 Å². The molecule has 2 aromatic heterocycles. The molecule has 0 radical (unpaired) electrons. The first-order valence-corrected chi connectivity index (χ1v) is 6.80. The number of fused-ring (bicyclic) bond motifs is 1. The lowest BCUT2D eigenvalue weighted by atomic mass is 9.92. The average molecular weight is 232 g/mol. The number of rotatable bonds is 3. The monoisotopic (exact) mass is 232 g/mol. The van der Waals surface area contributed by atoms with Gasteiger partial charge in [-0.2, -0.15) is 0 Å². The molecule has 2 heterocycles. The van der Waals surface area contributed by atoms with Gasteiger partial charge < -0.3 is 5.32 Å². The minimum atomic E-state index is 0.421. The lowest BCUT2D eigenvalue weighted by Crippen LogP contribution is -2.36. The highest BCUT2D eigenvalue weighted by molar-refractivity contribution is 7.17. The molecule has 1 fully saturated rings. The van der Waals surface area contributed by atoms with Crippen molar-refractivity contribution in [2.45, 2.75) is 38.3 Å². The largest absolute Gasteiger partial charge is 0.307 e. The van der Waals surface area contributed by atoms with Crippen LogP contribution in [0.3, 0.4) is 0 Å². The number of pyridine rings is 1. The molecule has 1 atom stereocenters. The van der Waals surface area contributed by atoms with Gasteiger partial charge in [-0.05, 0) is 42.8 Å². The van der Waals surface area contributed by atoms with E-state index in [-0.39, 0.29) is 0 Å². The molecule has 3 rings (SSSR count). The Bertz CT molecular complexity index is 487. The molecule has 2 nitrogen and oxygen atoms in total. The smallest absolute Gasteiger partial charge is 0.0809 e. The molecule has 0 aromatic carbocycles. The number of hydrogen-bond acceptors (Lipinski definition) is 3. The van der Waals surface area contributed by atoms with Crippen molar-refractivity contribution in [1.82, 2.24) is 10.3 Å². The Balaban J connectivity index is 1.80. The molecule has 3 heteroatoms. The van der Waals surface area contributed by atoms with Crippen molar-refractivity contribution < 1.29 is 0 Å². The van der Waals surface area contributed by atoms with Crippen molar-refractivity contribution in [3.8, 4) is 0 Å². The number of nitrogens with zero attached hydrogens (tertiary/aromatic N) is 1. The van der Waals surface area contributed by atoms with Crippen LogP contribution in [0.4, 0.5) is 0 Å². The van der Waals surface area contributed by atoms with E-state index in [4.69, 9.17) is 0 Å². The number of nitrogens with one attached hydrogen (secondary N) is 1. The average Bonchev–Trinajstić information content (AvgIpc) is 2.69. The van der Waals surface area contributed by atoms with Crippen molar-refractivity contribution >= 4 is 21.6 Å². The van der Waals surface area contributed by atoms with Gasteiger partial charge in [0.05, 0.1) is 10.2 Å². The van der Waals surface area contributed by atoms with Crippen LogP contribution < -0.4 is 5.32 Å². The summed E-state index contributed by atoms with van der Waals surface area (Å²) in [6.45, 7) is 2.23. The van der Waals surface area contributed by atoms with Crippen LogP contribution in [-0.2, 0) is 0 Å². The van der Waals surface area contributed by atoms with Gasteiger partial charge in [0.1, 0.15) is 0 Å². The second kappa shape index (κ2) is 4.15. The van der Waals surface area contributed by atoms with Crippen molar-refractivity contribution in [2.75, 3.05) is 0 Å². The van der Waals surface area contributed by atoms with Crippen molar-refractivity contribution in [3.05, 3.63) is 29.3 Å². The molecule has 0 spiro atoms. The Labute approximate surface area is 99.7 Å². The highest BCUT2D eigenvalue weighted by Gasteiger charge is 2.19. The highest BCUT2D eigenvalue weighted by Crippen LogP contribution is 2.25. The van der Waals surface area contributed by atoms with Crippen LogP contribution >= 0.6 is 11.3 Å². The van der Waals surface area contributed by atoms with Crippen LogP contribution in [0.5, 0.6) is 0 Å². The van der Waals surface area contributed by atoms with Gasteiger partial charge in [0.15, 0.2) is 0 Å². The Hall–Kier alpha value is -0.930. The fraction of sp³-hybridized carbons (Fsp3) is 0.462. The SMILES string of the molecule is CC(NC1CCC1)c1cnc2ccsc2c1. The third-order valence-electron chi connectivity index (χ3n) is 3.41. The zero-order valence-electron chi connectivity index (χ0n) is 9.44. The summed E-state index contributed by atoms with van der Waals surface area (Å²) in [7, 11) is 0. The fourth-order valence-electron chi connectivity index (χ4n) is 2.12. The molecular weight excluding hydrogens is 216 g/mol. The molecule has 16 heavy (non-hydrogen) atoms. The second-order valence-corrected chi connectivity index (χ2v) is 5.54. The molecule has 1 aliphatic carbocycles. The van der Waals surface area contributed by atoms with Crippen molar-refractivity contribution in [2.24, 2.45) is 0 Å². The molecule has 1 saturated carbocycles. The van der Waals surface area contributed by atoms with Gasteiger partial charge in [-0.3, -0.25) is 4.98 Å². The third-order valence-corrected chi connectivity index (χ3v) is 4.27. The van der Waals surface area contributed by atoms with Crippen LogP contribution in [0.2, 0.25) is 0 Å². The quantitative estimate of drug-likeness (QED) is 0.876. The van der Waals surface area contributed by atoms with Crippen LogP contribution in [0.15, 0.2) is 23.7 Å². The maximum Gasteiger partial charge on any atom is 0.0809 e. The normalized spacial score (nSPS) is 18.6. The van der Waals surface area contributed by atoms with Gasteiger partial charge in [0, 0.05) is 18.3 Å². The summed E-state index contributed by atoms with van der Waals surface area (Å²) in [4.78, 5) is 4.48. The van der Waals surface area contributed by atoms with Crippen LogP contribution in [0.1, 0.15) is 37.8 Å². The molecule has 0 bridgehead atoms. The van der Waals surface area contributed by atoms with Gasteiger partial charge in [-0.15, -0.1) is 11.3 Å². The standard InChI is InChI=1S/C13H16N2S/c1-9(15-11-3-2-4-11)10-7-13-12(14-8-10)5-6-16-13/h5-9,11,15H,2-4H2,1H3. The maximum atomic E-state index is 4.48. The number of aromatic nitrogens is 1. The second-order valence-electron chi connectivity index (χ2n) is 4.59. The lowest BCUT2D eigenvalue weighted by Gasteiger charge is -2.30. The molecule has 1 aliphatic rings. The molecule has 0 saturated heterocycles. The topological polar surface area (TPSA) is 24.9 Å². The van der Waals surface area contributed by atoms with Gasteiger partial charge in [0.25, 0.3) is 0 Å². The molecule has 2 aromatic rings. The van der Waals surface area contributed by atoms with E-state index in [1.165, 1.54) is 29.5 Å². The van der Waals surface area contributed by atoms with E-state index in [0.717, 1.165) is 11.6 Å². The predicted octanol–water partition coefficient (Wildman–Crippen LogP) is 3.50. The first-order valence-electron chi connectivity index (χ1n) is 5.92. The minimum Gasteiger partial charge on any atom is -0.307 e. The van der Waals surface area contributed by atoms with Gasteiger partial charge in [-0.1, -0.05) is 6.42 Å². The van der Waals surface area contributed by atoms with Gasteiger partial charge >= 0.3 is 0 Å². The number of hydrogen-bond donors (Lipinski definition) is 1. The van der Waals surface area contributed by atoms with E-state index < -0.39 is 0 Å². The van der Waals surface area contributed by atoms with E-state index >= 15 is 0 Å². The molecule has 84 valence electrons. The van der Waals surface area contributed by atoms with E-state index in [0.29, 0.717) is 6.04 Å². The molecule has 1 N–H and O–H groups in total. The summed E-state index contributed by atoms with van der Waals surface area (Å²) in [5, 5.41) is 5.76. The Morgan fingerprint density at radius 1 is 1.50 bits per heavy atom. The van der Waals surface area contributed by atoms with Crippen LogP contribution in [-0.4, -0.2) is 11.0 Å². The first kappa shape index (κ1) is 10.2. The van der Waals surface area contributed by atoms with E-state index in [1.807, 2.05) is 6.20 Å². The number of thiophene rings is 1. The first-order chi connectivity index (χ1) is 7.83. The zero-order valence-corrected chi connectivity index (χ0v) is 10.3. The summed E-state index contributed by atoms with van der Waals surface area (Å²) in [5.74, 6) is 0. The molecule has 0 amide bonds. The molecular formula is C13H16N2S. The van der Waals surface area contributed by atoms with Gasteiger partial charge in [-0.25, -0.2) is 0 Å². The Kier molecular flexibility index (Phi) is 2.65. The van der Waals surface area contributed by atoms with Crippen LogP contribution in [0, 0.1) is 0 Å². The lowest BCUT2D eigenvalue weighted by molar-refractivity contribution is 0.313. The van der Waals surface area contributed by atoms with Crippen molar-refractivity contribution in [3.63, 3.8) is 0 Å². The Morgan fingerprint density at radius 2 is 2.38 bits per heavy atom. The van der Waals surface area contributed by atoms with Gasteiger partial charge in [0.2, 0.25) is 0 Å². The molecule has 0 aliphatic heterocycles. The summed E-state index contributed by atoms with van der Waals surface area (Å²) in [6, 6.07) is 5.50. The molecule has 1 unspecified atom stereocenters. The third kappa shape index (κ3) is 1.85. The van der Waals surface area contributed by atoms with Crippen molar-refractivity contribution in [1.29, 1.82) is 0 Å². The summed E-state index contributed by atoms with van der Waals surface area (Å²) < 4.78 is 1.29. The predicted molar refractivity (Wildman–Crippen MR) is 68.8 cm³/mol. The summed E-state index contributed by atoms with van der Waals surface area (Å²) >= 11 is 1.77. The maximum absolute atomic E-state index is 4.48. The Morgan fingerprint density at radius 3 is 3.12 bits per heavy atom. The summed E-state index contributed by atoms with van der Waals surface area (Å²) in [5.41, 5.74) is 2.42. The fourth-order valence-corrected chi connectivity index (χ4v) is 2.91. The van der Waals surface area contributed by atoms with E-state index in [1.54, 1.807) is 11.3 Å². The van der Waals surface area contributed by atoms with E-state index in [9.17, 15) is 0 Å². The zero-order chi connectivity index (χ0) is 11.0. The summed E-state index contributed by atoms with van der Waals surface area (Å²) in [6.07, 6.45) is 6.05.